The number of amides is 1. The highest BCUT2D eigenvalue weighted by Gasteiger charge is 2.41. The van der Waals surface area contributed by atoms with Crippen LogP contribution in [0.25, 0.3) is 0 Å². The highest BCUT2D eigenvalue weighted by Crippen LogP contribution is 2.40. The normalized spacial score (nSPS) is 34.8. The van der Waals surface area contributed by atoms with E-state index < -0.39 is 0 Å². The monoisotopic (exact) mass is 348 g/mol. The van der Waals surface area contributed by atoms with E-state index in [1.165, 1.54) is 19.3 Å². The standard InChI is InChI=1S/C19H25ClN2O2/c20-15-4-5-17-13(7-15)6-14(10-24-17)19(23)22-18-11-2-1-3-12(18)9-16(21)8-11/h4-5,7,11-12,14,16,18H,1-3,6,8-10,21H2,(H,22,23). The maximum Gasteiger partial charge on any atom is 0.227 e. The molecule has 4 rings (SSSR count). The van der Waals surface area contributed by atoms with Gasteiger partial charge in [-0.05, 0) is 67.7 Å². The fourth-order valence-corrected chi connectivity index (χ4v) is 5.03. The van der Waals surface area contributed by atoms with Gasteiger partial charge in [0.2, 0.25) is 5.91 Å². The van der Waals surface area contributed by atoms with Gasteiger partial charge in [0, 0.05) is 17.1 Å². The van der Waals surface area contributed by atoms with Gasteiger partial charge in [-0.25, -0.2) is 0 Å². The Hall–Kier alpha value is -1.26. The van der Waals surface area contributed by atoms with Crippen LogP contribution >= 0.6 is 11.6 Å². The van der Waals surface area contributed by atoms with Gasteiger partial charge in [0.1, 0.15) is 12.4 Å². The van der Waals surface area contributed by atoms with Crippen LogP contribution in [0.15, 0.2) is 18.2 Å². The van der Waals surface area contributed by atoms with E-state index in [-0.39, 0.29) is 11.8 Å². The quantitative estimate of drug-likeness (QED) is 0.863. The summed E-state index contributed by atoms with van der Waals surface area (Å²) in [4.78, 5) is 12.8. The summed E-state index contributed by atoms with van der Waals surface area (Å²) in [5.41, 5.74) is 7.21. The van der Waals surface area contributed by atoms with Crippen molar-refractivity contribution in [1.82, 2.24) is 5.32 Å². The van der Waals surface area contributed by atoms with Crippen molar-refractivity contribution in [3.8, 4) is 5.75 Å². The number of halogens is 1. The fourth-order valence-electron chi connectivity index (χ4n) is 4.84. The second-order valence-corrected chi connectivity index (χ2v) is 8.12. The summed E-state index contributed by atoms with van der Waals surface area (Å²) in [5, 5.41) is 4.04. The van der Waals surface area contributed by atoms with Crippen molar-refractivity contribution in [2.75, 3.05) is 6.61 Å². The van der Waals surface area contributed by atoms with E-state index in [0.29, 0.717) is 42.0 Å². The summed E-state index contributed by atoms with van der Waals surface area (Å²) >= 11 is 6.07. The molecule has 2 aliphatic carbocycles. The molecule has 1 amide bonds. The number of ether oxygens (including phenoxy) is 1. The van der Waals surface area contributed by atoms with Crippen LogP contribution in [-0.4, -0.2) is 24.6 Å². The first kappa shape index (κ1) is 16.2. The fraction of sp³-hybridized carbons (Fsp3) is 0.632. The summed E-state index contributed by atoms with van der Waals surface area (Å²) < 4.78 is 5.77. The van der Waals surface area contributed by atoms with E-state index in [0.717, 1.165) is 24.2 Å². The van der Waals surface area contributed by atoms with Gasteiger partial charge in [-0.2, -0.15) is 0 Å². The van der Waals surface area contributed by atoms with Gasteiger partial charge in [0.05, 0.1) is 5.92 Å². The Balaban J connectivity index is 1.43. The van der Waals surface area contributed by atoms with Crippen LogP contribution in [0, 0.1) is 17.8 Å². The number of nitrogens with two attached hydrogens (primary N) is 1. The smallest absolute Gasteiger partial charge is 0.227 e. The Labute approximate surface area is 148 Å². The number of nitrogens with one attached hydrogen (secondary N) is 1. The third kappa shape index (κ3) is 3.14. The van der Waals surface area contributed by atoms with Gasteiger partial charge >= 0.3 is 0 Å². The summed E-state index contributed by atoms with van der Waals surface area (Å²) in [6, 6.07) is 6.23. The second kappa shape index (κ2) is 6.57. The van der Waals surface area contributed by atoms with Crippen molar-refractivity contribution in [3.05, 3.63) is 28.8 Å². The highest BCUT2D eigenvalue weighted by molar-refractivity contribution is 6.30. The summed E-state index contributed by atoms with van der Waals surface area (Å²) in [6.45, 7) is 0.446. The Kier molecular flexibility index (Phi) is 4.44. The van der Waals surface area contributed by atoms with Gasteiger partial charge in [0.25, 0.3) is 0 Å². The lowest BCUT2D eigenvalue weighted by Gasteiger charge is -2.45. The first-order chi connectivity index (χ1) is 11.6. The van der Waals surface area contributed by atoms with Crippen LogP contribution in [0.5, 0.6) is 5.75 Å². The SMILES string of the molecule is NC1CC2CCCC(C1)C2NC(=O)C1COc2ccc(Cl)cc2C1. The zero-order chi connectivity index (χ0) is 16.7. The minimum atomic E-state index is -0.132. The van der Waals surface area contributed by atoms with Crippen LogP contribution in [-0.2, 0) is 11.2 Å². The minimum absolute atomic E-state index is 0.123. The van der Waals surface area contributed by atoms with Crippen LogP contribution in [0.3, 0.4) is 0 Å². The maximum absolute atomic E-state index is 12.8. The van der Waals surface area contributed by atoms with Gasteiger partial charge in [-0.1, -0.05) is 18.0 Å². The third-order valence-corrected chi connectivity index (χ3v) is 6.22. The zero-order valence-electron chi connectivity index (χ0n) is 13.8. The van der Waals surface area contributed by atoms with Crippen LogP contribution in [0.2, 0.25) is 5.02 Å². The van der Waals surface area contributed by atoms with Crippen molar-refractivity contribution in [2.24, 2.45) is 23.5 Å². The van der Waals surface area contributed by atoms with E-state index in [9.17, 15) is 4.79 Å². The Bertz CT molecular complexity index is 622. The summed E-state index contributed by atoms with van der Waals surface area (Å²) in [5.74, 6) is 1.93. The molecule has 0 spiro atoms. The van der Waals surface area contributed by atoms with Crippen molar-refractivity contribution in [2.45, 2.75) is 50.6 Å². The van der Waals surface area contributed by atoms with E-state index in [2.05, 4.69) is 5.32 Å². The topological polar surface area (TPSA) is 64.3 Å². The number of hydrogen-bond donors (Lipinski definition) is 2. The van der Waals surface area contributed by atoms with E-state index in [1.807, 2.05) is 18.2 Å². The molecule has 3 N–H and O–H groups in total. The molecule has 3 aliphatic rings. The lowest BCUT2D eigenvalue weighted by Crippen LogP contribution is -2.55. The van der Waals surface area contributed by atoms with Crippen molar-refractivity contribution >= 4 is 17.5 Å². The highest BCUT2D eigenvalue weighted by atomic mass is 35.5. The minimum Gasteiger partial charge on any atom is -0.492 e. The molecule has 130 valence electrons. The molecule has 0 saturated heterocycles. The Morgan fingerprint density at radius 2 is 2.00 bits per heavy atom. The lowest BCUT2D eigenvalue weighted by atomic mass is 9.67. The van der Waals surface area contributed by atoms with E-state index in [1.54, 1.807) is 0 Å². The molecule has 1 aromatic rings. The average molecular weight is 349 g/mol. The molecule has 3 atom stereocenters. The average Bonchev–Trinajstić information content (AvgIpc) is 2.55. The maximum atomic E-state index is 12.8. The molecule has 1 aromatic carbocycles. The molecule has 24 heavy (non-hydrogen) atoms. The molecule has 2 saturated carbocycles. The molecule has 2 fully saturated rings. The first-order valence-electron chi connectivity index (χ1n) is 9.07. The number of benzene rings is 1. The number of carbonyl (C=O) groups excluding carboxylic acids is 1. The molecular weight excluding hydrogens is 324 g/mol. The lowest BCUT2D eigenvalue weighted by molar-refractivity contribution is -0.128. The van der Waals surface area contributed by atoms with Gasteiger partial charge in [-0.3, -0.25) is 4.79 Å². The van der Waals surface area contributed by atoms with E-state index in [4.69, 9.17) is 22.1 Å². The molecular formula is C19H25ClN2O2. The van der Waals surface area contributed by atoms with Crippen molar-refractivity contribution < 1.29 is 9.53 Å². The Morgan fingerprint density at radius 3 is 2.75 bits per heavy atom. The number of rotatable bonds is 2. The number of carbonyl (C=O) groups is 1. The van der Waals surface area contributed by atoms with Gasteiger partial charge in [0.15, 0.2) is 0 Å². The van der Waals surface area contributed by atoms with E-state index >= 15 is 0 Å². The van der Waals surface area contributed by atoms with Crippen LogP contribution in [0.4, 0.5) is 0 Å². The number of fused-ring (bicyclic) bond motifs is 3. The van der Waals surface area contributed by atoms with Gasteiger partial charge < -0.3 is 15.8 Å². The summed E-state index contributed by atoms with van der Waals surface area (Å²) in [7, 11) is 0. The van der Waals surface area contributed by atoms with Crippen molar-refractivity contribution in [3.63, 3.8) is 0 Å². The molecule has 5 heteroatoms. The molecule has 1 heterocycles. The molecule has 1 aliphatic heterocycles. The molecule has 0 radical (unpaired) electrons. The van der Waals surface area contributed by atoms with Crippen LogP contribution in [0.1, 0.15) is 37.7 Å². The largest absolute Gasteiger partial charge is 0.492 e. The van der Waals surface area contributed by atoms with Crippen molar-refractivity contribution in [1.29, 1.82) is 0 Å². The van der Waals surface area contributed by atoms with Gasteiger partial charge in [-0.15, -0.1) is 0 Å². The molecule has 3 unspecified atom stereocenters. The molecule has 4 nitrogen and oxygen atoms in total. The molecule has 2 bridgehead atoms. The zero-order valence-corrected chi connectivity index (χ0v) is 14.6. The number of hydrogen-bond acceptors (Lipinski definition) is 3. The Morgan fingerprint density at radius 1 is 1.25 bits per heavy atom. The predicted octanol–water partition coefficient (Wildman–Crippen LogP) is 2.91. The predicted molar refractivity (Wildman–Crippen MR) is 94.1 cm³/mol. The third-order valence-electron chi connectivity index (χ3n) is 5.99. The first-order valence-corrected chi connectivity index (χ1v) is 9.45. The molecule has 0 aromatic heterocycles. The second-order valence-electron chi connectivity index (χ2n) is 7.68. The van der Waals surface area contributed by atoms with Crippen LogP contribution < -0.4 is 15.8 Å². The summed E-state index contributed by atoms with van der Waals surface area (Å²) in [6.07, 6.45) is 6.43.